The van der Waals surface area contributed by atoms with Crippen LogP contribution in [0.3, 0.4) is 0 Å². The van der Waals surface area contributed by atoms with Crippen LogP contribution in [0.2, 0.25) is 0 Å². The lowest BCUT2D eigenvalue weighted by atomic mass is 9.98. The first kappa shape index (κ1) is 18.3. The first-order valence-corrected chi connectivity index (χ1v) is 6.66. The minimum absolute atomic E-state index is 0. The molecule has 1 unspecified atom stereocenters. The van der Waals surface area contributed by atoms with Crippen LogP contribution in [0.4, 0.5) is 14.5 Å². The van der Waals surface area contributed by atoms with E-state index >= 15 is 0 Å². The number of piperidine rings is 1. The number of carboxylic acid groups (broad SMARTS) is 1. The van der Waals surface area contributed by atoms with Crippen LogP contribution in [-0.4, -0.2) is 41.5 Å². The summed E-state index contributed by atoms with van der Waals surface area (Å²) in [5.41, 5.74) is 0.172. The van der Waals surface area contributed by atoms with Gasteiger partial charge in [-0.3, -0.25) is 14.5 Å². The molecule has 5 nitrogen and oxygen atoms in total. The van der Waals surface area contributed by atoms with Crippen molar-refractivity contribution in [2.24, 2.45) is 5.92 Å². The van der Waals surface area contributed by atoms with Gasteiger partial charge in [-0.1, -0.05) is 0 Å². The molecule has 1 atom stereocenters. The lowest BCUT2D eigenvalue weighted by Gasteiger charge is -2.29. The average Bonchev–Trinajstić information content (AvgIpc) is 2.43. The van der Waals surface area contributed by atoms with E-state index in [1.807, 2.05) is 0 Å². The normalized spacial score (nSPS) is 18.4. The zero-order valence-corrected chi connectivity index (χ0v) is 12.5. The van der Waals surface area contributed by atoms with Crippen molar-refractivity contribution in [1.29, 1.82) is 0 Å². The second-order valence-corrected chi connectivity index (χ2v) is 5.09. The number of likely N-dealkylation sites (tertiary alicyclic amines) is 1. The van der Waals surface area contributed by atoms with E-state index in [1.54, 1.807) is 4.90 Å². The molecule has 1 aliphatic heterocycles. The number of benzene rings is 1. The largest absolute Gasteiger partial charge is 0.481 e. The Bertz CT molecular complexity index is 557. The summed E-state index contributed by atoms with van der Waals surface area (Å²) in [5, 5.41) is 11.4. The Balaban J connectivity index is 0.00000242. The number of carbonyl (C=O) groups excluding carboxylic acids is 1. The summed E-state index contributed by atoms with van der Waals surface area (Å²) < 4.78 is 25.8. The van der Waals surface area contributed by atoms with Gasteiger partial charge >= 0.3 is 5.97 Å². The van der Waals surface area contributed by atoms with E-state index in [4.69, 9.17) is 5.11 Å². The van der Waals surface area contributed by atoms with Gasteiger partial charge in [0.05, 0.1) is 12.5 Å². The predicted octanol–water partition coefficient (Wildman–Crippen LogP) is 2.12. The Morgan fingerprint density at radius 1 is 1.32 bits per heavy atom. The molecular formula is C14H17ClF2N2O3. The molecule has 0 aromatic heterocycles. The number of hydrogen-bond donors (Lipinski definition) is 2. The fourth-order valence-electron chi connectivity index (χ4n) is 2.38. The Morgan fingerprint density at radius 3 is 2.68 bits per heavy atom. The zero-order valence-electron chi connectivity index (χ0n) is 11.7. The molecule has 2 rings (SSSR count). The lowest BCUT2D eigenvalue weighted by Crippen LogP contribution is -2.42. The van der Waals surface area contributed by atoms with Crippen LogP contribution < -0.4 is 5.32 Å². The van der Waals surface area contributed by atoms with Gasteiger partial charge in [-0.05, 0) is 31.5 Å². The molecule has 1 heterocycles. The van der Waals surface area contributed by atoms with Gasteiger partial charge < -0.3 is 10.4 Å². The van der Waals surface area contributed by atoms with Gasteiger partial charge in [0, 0.05) is 18.3 Å². The summed E-state index contributed by atoms with van der Waals surface area (Å²) in [6.45, 7) is 0.998. The molecule has 1 amide bonds. The Kier molecular flexibility index (Phi) is 6.70. The summed E-state index contributed by atoms with van der Waals surface area (Å²) in [7, 11) is 0. The van der Waals surface area contributed by atoms with Crippen LogP contribution in [0.25, 0.3) is 0 Å². The monoisotopic (exact) mass is 334 g/mol. The molecule has 8 heteroatoms. The second-order valence-electron chi connectivity index (χ2n) is 5.09. The van der Waals surface area contributed by atoms with E-state index < -0.39 is 23.5 Å². The number of rotatable bonds is 4. The van der Waals surface area contributed by atoms with Crippen molar-refractivity contribution in [2.75, 3.05) is 25.0 Å². The Hall–Kier alpha value is -1.73. The molecule has 1 saturated heterocycles. The molecular weight excluding hydrogens is 318 g/mol. The molecule has 1 fully saturated rings. The van der Waals surface area contributed by atoms with E-state index in [-0.39, 0.29) is 30.5 Å². The number of hydrogen-bond acceptors (Lipinski definition) is 3. The number of halogens is 3. The third-order valence-electron chi connectivity index (χ3n) is 3.43. The Labute approximate surface area is 132 Å². The quantitative estimate of drug-likeness (QED) is 0.885. The smallest absolute Gasteiger partial charge is 0.307 e. The van der Waals surface area contributed by atoms with E-state index in [9.17, 15) is 18.4 Å². The average molecular weight is 335 g/mol. The van der Waals surface area contributed by atoms with Crippen LogP contribution in [0.1, 0.15) is 12.8 Å². The minimum Gasteiger partial charge on any atom is -0.481 e. The summed E-state index contributed by atoms with van der Waals surface area (Å²) in [4.78, 5) is 24.5. The molecule has 122 valence electrons. The second kappa shape index (κ2) is 8.05. The van der Waals surface area contributed by atoms with Gasteiger partial charge in [0.1, 0.15) is 0 Å². The van der Waals surface area contributed by atoms with Gasteiger partial charge in [-0.25, -0.2) is 8.78 Å². The molecule has 0 aliphatic carbocycles. The minimum atomic E-state index is -1.03. The van der Waals surface area contributed by atoms with Crippen molar-refractivity contribution in [3.05, 3.63) is 29.8 Å². The first-order chi connectivity index (χ1) is 9.95. The van der Waals surface area contributed by atoms with E-state index in [1.165, 1.54) is 6.07 Å². The molecule has 1 aliphatic rings. The fraction of sp³-hybridized carbons (Fsp3) is 0.429. The molecule has 0 saturated carbocycles. The van der Waals surface area contributed by atoms with Gasteiger partial charge in [-0.15, -0.1) is 12.4 Å². The Morgan fingerprint density at radius 2 is 2.05 bits per heavy atom. The number of anilines is 1. The highest BCUT2D eigenvalue weighted by atomic mass is 35.5. The van der Waals surface area contributed by atoms with Crippen molar-refractivity contribution in [3.63, 3.8) is 0 Å². The fourth-order valence-corrected chi connectivity index (χ4v) is 2.38. The summed E-state index contributed by atoms with van der Waals surface area (Å²) >= 11 is 0. The summed E-state index contributed by atoms with van der Waals surface area (Å²) in [6.07, 6.45) is 1.33. The number of amides is 1. The molecule has 1 aromatic rings. The van der Waals surface area contributed by atoms with Crippen molar-refractivity contribution in [1.82, 2.24) is 4.90 Å². The van der Waals surface area contributed by atoms with Crippen LogP contribution in [0.5, 0.6) is 0 Å². The highest BCUT2D eigenvalue weighted by Crippen LogP contribution is 2.17. The number of carboxylic acids is 1. The third kappa shape index (κ3) is 4.92. The van der Waals surface area contributed by atoms with Gasteiger partial charge in [0.15, 0.2) is 11.6 Å². The highest BCUT2D eigenvalue weighted by molar-refractivity contribution is 5.92. The van der Waals surface area contributed by atoms with Crippen LogP contribution >= 0.6 is 12.4 Å². The van der Waals surface area contributed by atoms with E-state index in [0.29, 0.717) is 19.5 Å². The standard InChI is InChI=1S/C14H16F2N2O3.ClH/c15-11-4-3-10(6-12(11)16)17-13(19)8-18-5-1-2-9(7-18)14(20)21;/h3-4,6,9H,1-2,5,7-8H2,(H,17,19)(H,20,21);1H. The molecule has 0 radical (unpaired) electrons. The first-order valence-electron chi connectivity index (χ1n) is 6.66. The maximum atomic E-state index is 13.0. The van der Waals surface area contributed by atoms with Crippen molar-refractivity contribution in [2.45, 2.75) is 12.8 Å². The molecule has 22 heavy (non-hydrogen) atoms. The predicted molar refractivity (Wildman–Crippen MR) is 79.0 cm³/mol. The lowest BCUT2D eigenvalue weighted by molar-refractivity contribution is -0.144. The molecule has 1 aromatic carbocycles. The van der Waals surface area contributed by atoms with Crippen LogP contribution in [0.15, 0.2) is 18.2 Å². The number of aliphatic carboxylic acids is 1. The SMILES string of the molecule is Cl.O=C(CN1CCCC(C(=O)O)C1)Nc1ccc(F)c(F)c1. The summed E-state index contributed by atoms with van der Waals surface area (Å²) in [6, 6.07) is 3.11. The van der Waals surface area contributed by atoms with Crippen molar-refractivity contribution in [3.8, 4) is 0 Å². The zero-order chi connectivity index (χ0) is 15.4. The van der Waals surface area contributed by atoms with E-state index in [0.717, 1.165) is 18.6 Å². The highest BCUT2D eigenvalue weighted by Gasteiger charge is 2.26. The molecule has 0 spiro atoms. The number of nitrogens with zero attached hydrogens (tertiary/aromatic N) is 1. The van der Waals surface area contributed by atoms with Gasteiger partial charge in [0.25, 0.3) is 0 Å². The molecule has 0 bridgehead atoms. The maximum absolute atomic E-state index is 13.0. The number of nitrogens with one attached hydrogen (secondary N) is 1. The maximum Gasteiger partial charge on any atom is 0.307 e. The van der Waals surface area contributed by atoms with Gasteiger partial charge in [0.2, 0.25) is 5.91 Å². The number of carbonyl (C=O) groups is 2. The molecule has 2 N–H and O–H groups in total. The van der Waals surface area contributed by atoms with Crippen LogP contribution in [-0.2, 0) is 9.59 Å². The van der Waals surface area contributed by atoms with Crippen LogP contribution in [0, 0.1) is 17.6 Å². The summed E-state index contributed by atoms with van der Waals surface area (Å²) in [5.74, 6) is -3.72. The topological polar surface area (TPSA) is 69.6 Å². The third-order valence-corrected chi connectivity index (χ3v) is 3.43. The van der Waals surface area contributed by atoms with E-state index in [2.05, 4.69) is 5.32 Å². The van der Waals surface area contributed by atoms with Crippen molar-refractivity contribution < 1.29 is 23.5 Å². The van der Waals surface area contributed by atoms with Gasteiger partial charge in [-0.2, -0.15) is 0 Å². The van der Waals surface area contributed by atoms with Crippen molar-refractivity contribution >= 4 is 30.0 Å².